The summed E-state index contributed by atoms with van der Waals surface area (Å²) in [6.45, 7) is 0.783. The maximum Gasteiger partial charge on any atom is 0.254 e. The zero-order valence-corrected chi connectivity index (χ0v) is 18.9. The highest BCUT2D eigenvalue weighted by Crippen LogP contribution is 2.21. The normalized spacial score (nSPS) is 14.8. The molecule has 2 aromatic carbocycles. The first-order valence-corrected chi connectivity index (χ1v) is 12.0. The van der Waals surface area contributed by atoms with E-state index in [2.05, 4.69) is 11.2 Å². The maximum atomic E-state index is 13.0. The van der Waals surface area contributed by atoms with Gasteiger partial charge in [0.2, 0.25) is 15.9 Å². The molecule has 32 heavy (non-hydrogen) atoms. The van der Waals surface area contributed by atoms with Gasteiger partial charge in [0.05, 0.1) is 11.4 Å². The van der Waals surface area contributed by atoms with E-state index in [9.17, 15) is 18.0 Å². The van der Waals surface area contributed by atoms with E-state index in [1.54, 1.807) is 36.4 Å². The highest BCUT2D eigenvalue weighted by Gasteiger charge is 2.26. The van der Waals surface area contributed by atoms with Gasteiger partial charge >= 0.3 is 0 Å². The van der Waals surface area contributed by atoms with Crippen LogP contribution in [0.5, 0.6) is 0 Å². The molecule has 0 bridgehead atoms. The summed E-state index contributed by atoms with van der Waals surface area (Å²) in [6.07, 6.45) is 9.07. The molecule has 0 aliphatic carbocycles. The van der Waals surface area contributed by atoms with E-state index >= 15 is 0 Å². The summed E-state index contributed by atoms with van der Waals surface area (Å²) in [5, 5.41) is 2.71. The molecule has 0 unspecified atom stereocenters. The molecule has 1 aliphatic heterocycles. The summed E-state index contributed by atoms with van der Waals surface area (Å²) >= 11 is 0. The Morgan fingerprint density at radius 2 is 1.75 bits per heavy atom. The third kappa shape index (κ3) is 5.75. The molecule has 1 fully saturated rings. The summed E-state index contributed by atoms with van der Waals surface area (Å²) in [5.74, 6) is 1.67. The van der Waals surface area contributed by atoms with Crippen molar-refractivity contribution in [2.45, 2.75) is 30.6 Å². The van der Waals surface area contributed by atoms with Crippen LogP contribution in [0.25, 0.3) is 0 Å². The van der Waals surface area contributed by atoms with E-state index in [0.717, 1.165) is 25.7 Å². The zero-order chi connectivity index (χ0) is 23.1. The Hall–Kier alpha value is -3.15. The van der Waals surface area contributed by atoms with E-state index in [-0.39, 0.29) is 22.9 Å². The predicted octanol–water partition coefficient (Wildman–Crippen LogP) is 2.94. The van der Waals surface area contributed by atoms with Gasteiger partial charge < -0.3 is 10.2 Å². The highest BCUT2D eigenvalue weighted by molar-refractivity contribution is 7.89. The molecule has 0 atom stereocenters. The van der Waals surface area contributed by atoms with Crippen molar-refractivity contribution in [1.82, 2.24) is 9.21 Å². The second-order valence-electron chi connectivity index (χ2n) is 7.78. The Balaban J connectivity index is 1.69. The van der Waals surface area contributed by atoms with Crippen molar-refractivity contribution in [3.8, 4) is 12.3 Å². The van der Waals surface area contributed by atoms with Crippen molar-refractivity contribution < 1.29 is 18.0 Å². The number of hydrogen-bond acceptors (Lipinski definition) is 4. The number of sulfonamides is 1. The molecule has 2 amide bonds. The van der Waals surface area contributed by atoms with Crippen LogP contribution in [-0.4, -0.2) is 56.1 Å². The monoisotopic (exact) mass is 453 g/mol. The Labute approximate surface area is 189 Å². The molecule has 1 saturated heterocycles. The summed E-state index contributed by atoms with van der Waals surface area (Å²) in [5.41, 5.74) is 1.39. The van der Waals surface area contributed by atoms with Crippen LogP contribution in [-0.2, 0) is 14.8 Å². The number of carbonyl (C=O) groups is 2. The van der Waals surface area contributed by atoms with Crippen molar-refractivity contribution in [1.29, 1.82) is 0 Å². The predicted molar refractivity (Wildman–Crippen MR) is 124 cm³/mol. The lowest BCUT2D eigenvalue weighted by molar-refractivity contribution is -0.116. The first-order valence-electron chi connectivity index (χ1n) is 10.5. The first kappa shape index (κ1) is 23.5. The topological polar surface area (TPSA) is 86.8 Å². The fourth-order valence-electron chi connectivity index (χ4n) is 3.62. The largest absolute Gasteiger partial charge is 0.332 e. The van der Waals surface area contributed by atoms with Crippen LogP contribution in [0, 0.1) is 12.3 Å². The Bertz CT molecular complexity index is 1130. The van der Waals surface area contributed by atoms with Crippen molar-refractivity contribution >= 4 is 27.5 Å². The lowest BCUT2D eigenvalue weighted by Crippen LogP contribution is -2.35. The van der Waals surface area contributed by atoms with Gasteiger partial charge in [0, 0.05) is 37.0 Å². The van der Waals surface area contributed by atoms with Crippen LogP contribution < -0.4 is 5.32 Å². The molecule has 7 nitrogen and oxygen atoms in total. The number of rotatable bonds is 6. The molecule has 1 aliphatic rings. The molecule has 2 aromatic rings. The molecule has 8 heteroatoms. The molecule has 0 spiro atoms. The van der Waals surface area contributed by atoms with Crippen LogP contribution in [0.4, 0.5) is 5.69 Å². The minimum atomic E-state index is -3.67. The van der Waals surface area contributed by atoms with Gasteiger partial charge in [-0.3, -0.25) is 9.59 Å². The van der Waals surface area contributed by atoms with Crippen LogP contribution in [0.3, 0.4) is 0 Å². The van der Waals surface area contributed by atoms with Gasteiger partial charge in [-0.25, -0.2) is 8.42 Å². The molecular formula is C24H27N3O4S. The summed E-state index contributed by atoms with van der Waals surface area (Å²) in [7, 11) is -2.17. The molecule has 168 valence electrons. The third-order valence-corrected chi connectivity index (χ3v) is 7.22. The Morgan fingerprint density at radius 1 is 1.06 bits per heavy atom. The van der Waals surface area contributed by atoms with Crippen molar-refractivity contribution in [2.24, 2.45) is 0 Å². The number of benzene rings is 2. The quantitative estimate of drug-likeness (QED) is 0.682. The average molecular weight is 454 g/mol. The fourth-order valence-corrected chi connectivity index (χ4v) is 5.18. The van der Waals surface area contributed by atoms with Gasteiger partial charge in [-0.2, -0.15) is 4.31 Å². The number of amides is 2. The fraction of sp³-hybridized carbons (Fsp3) is 0.333. The number of likely N-dealkylation sites (N-methyl/N-ethyl adjacent to an activating group) is 1. The molecule has 0 aromatic heterocycles. The number of carbonyl (C=O) groups excluding carboxylic acids is 2. The molecule has 3 rings (SSSR count). The lowest BCUT2D eigenvalue weighted by Gasteiger charge is -2.21. The summed E-state index contributed by atoms with van der Waals surface area (Å²) in [4.78, 5) is 26.6. The minimum absolute atomic E-state index is 0.0919. The molecule has 1 heterocycles. The number of hydrogen-bond donors (Lipinski definition) is 1. The molecular weight excluding hydrogens is 426 g/mol. The summed E-state index contributed by atoms with van der Waals surface area (Å²) < 4.78 is 27.6. The average Bonchev–Trinajstić information content (AvgIpc) is 3.09. The number of nitrogens with one attached hydrogen (secondary N) is 1. The second-order valence-corrected chi connectivity index (χ2v) is 9.72. The van der Waals surface area contributed by atoms with E-state index in [0.29, 0.717) is 24.3 Å². The van der Waals surface area contributed by atoms with Gasteiger partial charge in [-0.15, -0.1) is 6.42 Å². The molecule has 0 saturated carbocycles. The van der Waals surface area contributed by atoms with E-state index in [1.807, 2.05) is 0 Å². The number of anilines is 1. The van der Waals surface area contributed by atoms with Gasteiger partial charge in [-0.05, 0) is 49.2 Å². The zero-order valence-electron chi connectivity index (χ0n) is 18.1. The Morgan fingerprint density at radius 3 is 2.44 bits per heavy atom. The van der Waals surface area contributed by atoms with Crippen molar-refractivity contribution in [3.05, 3.63) is 59.7 Å². The third-order valence-electron chi connectivity index (χ3n) is 5.32. The first-order chi connectivity index (χ1) is 15.3. The second kappa shape index (κ2) is 10.4. The lowest BCUT2D eigenvalue weighted by atomic mass is 10.2. The highest BCUT2D eigenvalue weighted by atomic mass is 32.2. The van der Waals surface area contributed by atoms with Crippen LogP contribution in [0.1, 0.15) is 41.6 Å². The van der Waals surface area contributed by atoms with Crippen LogP contribution in [0.15, 0.2) is 53.4 Å². The molecule has 0 radical (unpaired) electrons. The van der Waals surface area contributed by atoms with Gasteiger partial charge in [0.15, 0.2) is 0 Å². The minimum Gasteiger partial charge on any atom is -0.332 e. The smallest absolute Gasteiger partial charge is 0.254 e. The summed E-state index contributed by atoms with van der Waals surface area (Å²) in [6, 6.07) is 12.8. The van der Waals surface area contributed by atoms with Crippen LogP contribution >= 0.6 is 0 Å². The van der Waals surface area contributed by atoms with E-state index in [1.165, 1.54) is 28.4 Å². The SMILES string of the molecule is C#Cc1cccc(NC(=O)CN(C)C(=O)c2cccc(S(=O)(=O)N3CCCCCC3)c2)c1. The Kier molecular flexibility index (Phi) is 7.67. The van der Waals surface area contributed by atoms with Gasteiger partial charge in [-0.1, -0.05) is 30.9 Å². The number of terminal acetylenes is 1. The standard InChI is InChI=1S/C24H27N3O4S/c1-3-19-10-8-12-21(16-19)25-23(28)18-26(2)24(29)20-11-9-13-22(17-20)32(30,31)27-14-6-4-5-7-15-27/h1,8-13,16-17H,4-7,14-15,18H2,2H3,(H,25,28). The van der Waals surface area contributed by atoms with Gasteiger partial charge in [0.1, 0.15) is 0 Å². The van der Waals surface area contributed by atoms with Crippen molar-refractivity contribution in [3.63, 3.8) is 0 Å². The maximum absolute atomic E-state index is 13.0. The van der Waals surface area contributed by atoms with Crippen molar-refractivity contribution in [2.75, 3.05) is 32.0 Å². The van der Waals surface area contributed by atoms with Gasteiger partial charge in [0.25, 0.3) is 5.91 Å². The molecule has 1 N–H and O–H groups in total. The van der Waals surface area contributed by atoms with E-state index < -0.39 is 15.9 Å². The van der Waals surface area contributed by atoms with Crippen LogP contribution in [0.2, 0.25) is 0 Å². The van der Waals surface area contributed by atoms with E-state index in [4.69, 9.17) is 6.42 Å². The number of nitrogens with zero attached hydrogens (tertiary/aromatic N) is 2.